The summed E-state index contributed by atoms with van der Waals surface area (Å²) in [5, 5.41) is 2.59. The predicted molar refractivity (Wildman–Crippen MR) is 108 cm³/mol. The van der Waals surface area contributed by atoms with Gasteiger partial charge in [-0.15, -0.1) is 0 Å². The maximum Gasteiger partial charge on any atom is 0.311 e. The minimum atomic E-state index is -0.613. The second-order valence-corrected chi connectivity index (χ2v) is 7.03. The number of carbonyl (C=O) groups is 4. The van der Waals surface area contributed by atoms with E-state index in [0.29, 0.717) is 11.3 Å². The van der Waals surface area contributed by atoms with Crippen LogP contribution in [0, 0.1) is 12.8 Å². The average Bonchev–Trinajstić information content (AvgIpc) is 3.08. The Balaban J connectivity index is 1.52. The molecule has 1 heterocycles. The van der Waals surface area contributed by atoms with Crippen molar-refractivity contribution in [2.24, 2.45) is 5.92 Å². The Hall–Kier alpha value is -3.48. The fourth-order valence-electron chi connectivity index (χ4n) is 3.11. The molecule has 3 rings (SSSR count). The molecular formula is C22H22N2O5. The molecular weight excluding hydrogens is 372 g/mol. The zero-order valence-electron chi connectivity index (χ0n) is 16.3. The Morgan fingerprint density at radius 1 is 1.14 bits per heavy atom. The van der Waals surface area contributed by atoms with Gasteiger partial charge in [-0.05, 0) is 38.1 Å². The summed E-state index contributed by atoms with van der Waals surface area (Å²) < 4.78 is 5.09. The maximum atomic E-state index is 12.3. The van der Waals surface area contributed by atoms with Crippen LogP contribution in [0.5, 0.6) is 0 Å². The molecule has 0 bridgehead atoms. The summed E-state index contributed by atoms with van der Waals surface area (Å²) in [4.78, 5) is 49.6. The van der Waals surface area contributed by atoms with Crippen LogP contribution in [-0.4, -0.2) is 36.7 Å². The summed E-state index contributed by atoms with van der Waals surface area (Å²) in [6, 6.07) is 14.0. The van der Waals surface area contributed by atoms with Gasteiger partial charge in [0.2, 0.25) is 5.91 Å². The van der Waals surface area contributed by atoms with E-state index < -0.39 is 24.4 Å². The topological polar surface area (TPSA) is 92.8 Å². The number of benzene rings is 2. The molecule has 1 saturated heterocycles. The molecule has 0 saturated carbocycles. The molecule has 0 aromatic heterocycles. The van der Waals surface area contributed by atoms with Gasteiger partial charge in [-0.2, -0.15) is 0 Å². The maximum absolute atomic E-state index is 12.3. The van der Waals surface area contributed by atoms with Crippen molar-refractivity contribution in [2.45, 2.75) is 20.3 Å². The minimum Gasteiger partial charge on any atom is -0.455 e. The van der Waals surface area contributed by atoms with E-state index in [4.69, 9.17) is 4.74 Å². The van der Waals surface area contributed by atoms with Gasteiger partial charge in [0.1, 0.15) is 0 Å². The monoisotopic (exact) mass is 394 g/mol. The molecule has 0 spiro atoms. The van der Waals surface area contributed by atoms with Crippen molar-refractivity contribution in [3.05, 3.63) is 59.7 Å². The summed E-state index contributed by atoms with van der Waals surface area (Å²) >= 11 is 0. The molecule has 0 radical (unpaired) electrons. The lowest BCUT2D eigenvalue weighted by atomic mass is 10.1. The Bertz CT molecular complexity index is 952. The van der Waals surface area contributed by atoms with Gasteiger partial charge in [0.25, 0.3) is 5.91 Å². The quantitative estimate of drug-likeness (QED) is 0.601. The van der Waals surface area contributed by atoms with E-state index in [0.717, 1.165) is 11.3 Å². The number of esters is 1. The van der Waals surface area contributed by atoms with E-state index in [-0.39, 0.29) is 24.7 Å². The van der Waals surface area contributed by atoms with Gasteiger partial charge in [-0.3, -0.25) is 19.2 Å². The molecule has 1 N–H and O–H groups in total. The van der Waals surface area contributed by atoms with Crippen LogP contribution in [0.2, 0.25) is 0 Å². The van der Waals surface area contributed by atoms with Gasteiger partial charge in [0, 0.05) is 29.9 Å². The van der Waals surface area contributed by atoms with Crippen LogP contribution in [0.25, 0.3) is 0 Å². The van der Waals surface area contributed by atoms with Gasteiger partial charge in [0.05, 0.1) is 5.92 Å². The van der Waals surface area contributed by atoms with E-state index >= 15 is 0 Å². The summed E-state index contributed by atoms with van der Waals surface area (Å²) in [5.74, 6) is -1.98. The van der Waals surface area contributed by atoms with E-state index in [1.807, 2.05) is 31.2 Å². The number of nitrogens with zero attached hydrogens (tertiary/aromatic N) is 1. The van der Waals surface area contributed by atoms with Crippen molar-refractivity contribution < 1.29 is 23.9 Å². The van der Waals surface area contributed by atoms with Crippen LogP contribution in [0.4, 0.5) is 11.4 Å². The van der Waals surface area contributed by atoms with Crippen molar-refractivity contribution >= 4 is 34.9 Å². The van der Waals surface area contributed by atoms with E-state index in [2.05, 4.69) is 5.32 Å². The highest BCUT2D eigenvalue weighted by Gasteiger charge is 2.36. The number of hydrogen-bond acceptors (Lipinski definition) is 5. The number of hydrogen-bond donors (Lipinski definition) is 1. The lowest BCUT2D eigenvalue weighted by Crippen LogP contribution is -2.28. The summed E-state index contributed by atoms with van der Waals surface area (Å²) in [5.41, 5.74) is 2.73. The molecule has 29 heavy (non-hydrogen) atoms. The first-order valence-corrected chi connectivity index (χ1v) is 9.28. The van der Waals surface area contributed by atoms with Gasteiger partial charge >= 0.3 is 5.97 Å². The van der Waals surface area contributed by atoms with Crippen molar-refractivity contribution in [3.63, 3.8) is 0 Å². The first-order valence-electron chi connectivity index (χ1n) is 9.28. The first-order chi connectivity index (χ1) is 13.8. The number of ketones is 1. The smallest absolute Gasteiger partial charge is 0.311 e. The molecule has 0 aliphatic carbocycles. The largest absolute Gasteiger partial charge is 0.455 e. The number of anilines is 2. The van der Waals surface area contributed by atoms with Crippen LogP contribution < -0.4 is 10.2 Å². The van der Waals surface area contributed by atoms with E-state index in [9.17, 15) is 19.2 Å². The van der Waals surface area contributed by atoms with Gasteiger partial charge in [-0.25, -0.2) is 0 Å². The zero-order chi connectivity index (χ0) is 21.0. The second kappa shape index (κ2) is 8.68. The van der Waals surface area contributed by atoms with Gasteiger partial charge in [-0.1, -0.05) is 29.8 Å². The molecule has 1 aliphatic rings. The fourth-order valence-corrected chi connectivity index (χ4v) is 3.11. The molecule has 2 amide bonds. The molecule has 1 atom stereocenters. The number of Topliss-reactive ketones (excluding diaryl/α,β-unsaturated/α-hetero) is 1. The van der Waals surface area contributed by atoms with Crippen molar-refractivity contribution in [3.8, 4) is 0 Å². The highest BCUT2D eigenvalue weighted by molar-refractivity contribution is 6.00. The number of nitrogens with one attached hydrogen (secondary N) is 1. The Kier molecular flexibility index (Phi) is 6.07. The zero-order valence-corrected chi connectivity index (χ0v) is 16.3. The number of amides is 2. The highest BCUT2D eigenvalue weighted by atomic mass is 16.5. The van der Waals surface area contributed by atoms with Crippen LogP contribution in [-0.2, 0) is 19.1 Å². The fraction of sp³-hybridized carbons (Fsp3) is 0.273. The third-order valence-corrected chi connectivity index (χ3v) is 4.70. The highest BCUT2D eigenvalue weighted by Crippen LogP contribution is 2.26. The van der Waals surface area contributed by atoms with Crippen molar-refractivity contribution in [1.82, 2.24) is 0 Å². The third kappa shape index (κ3) is 5.07. The van der Waals surface area contributed by atoms with Crippen LogP contribution in [0.3, 0.4) is 0 Å². The number of carbonyl (C=O) groups excluding carboxylic acids is 4. The summed E-state index contributed by atoms with van der Waals surface area (Å²) in [7, 11) is 0. The summed E-state index contributed by atoms with van der Waals surface area (Å²) in [6.07, 6.45) is 0.0506. The summed E-state index contributed by atoms with van der Waals surface area (Å²) in [6.45, 7) is 3.16. The first kappa shape index (κ1) is 20.3. The molecule has 1 aliphatic heterocycles. The SMILES string of the molecule is CC(=O)c1cccc(NC(=O)COC(=O)[C@@H]2CC(=O)N(c3ccc(C)cc3)C2)c1. The van der Waals surface area contributed by atoms with Crippen molar-refractivity contribution in [2.75, 3.05) is 23.4 Å². The van der Waals surface area contributed by atoms with E-state index in [1.54, 1.807) is 29.2 Å². The lowest BCUT2D eigenvalue weighted by molar-refractivity contribution is -0.151. The van der Waals surface area contributed by atoms with Crippen LogP contribution in [0.15, 0.2) is 48.5 Å². The Morgan fingerprint density at radius 2 is 1.86 bits per heavy atom. The molecule has 0 unspecified atom stereocenters. The normalized spacial score (nSPS) is 15.9. The number of ether oxygens (including phenoxy) is 1. The average molecular weight is 394 g/mol. The Morgan fingerprint density at radius 3 is 2.55 bits per heavy atom. The molecule has 150 valence electrons. The lowest BCUT2D eigenvalue weighted by Gasteiger charge is -2.16. The Labute approximate surface area is 168 Å². The van der Waals surface area contributed by atoms with Gasteiger partial charge < -0.3 is 15.0 Å². The number of rotatable bonds is 6. The molecule has 1 fully saturated rings. The van der Waals surface area contributed by atoms with E-state index in [1.165, 1.54) is 6.92 Å². The third-order valence-electron chi connectivity index (χ3n) is 4.70. The second-order valence-electron chi connectivity index (χ2n) is 7.03. The molecule has 7 heteroatoms. The standard InChI is InChI=1S/C22H22N2O5/c1-14-6-8-19(9-7-14)24-12-17(11-21(24)27)22(28)29-13-20(26)23-18-5-3-4-16(10-18)15(2)25/h3-10,17H,11-13H2,1-2H3,(H,23,26)/t17-/m1/s1. The van der Waals surface area contributed by atoms with Crippen LogP contribution in [0.1, 0.15) is 29.3 Å². The molecule has 2 aromatic rings. The number of aryl methyl sites for hydroxylation is 1. The van der Waals surface area contributed by atoms with Gasteiger partial charge in [0.15, 0.2) is 12.4 Å². The predicted octanol–water partition coefficient (Wildman–Crippen LogP) is 2.73. The molecule has 2 aromatic carbocycles. The molecule has 7 nitrogen and oxygen atoms in total. The van der Waals surface area contributed by atoms with Crippen molar-refractivity contribution in [1.29, 1.82) is 0 Å². The van der Waals surface area contributed by atoms with Crippen LogP contribution >= 0.6 is 0 Å². The minimum absolute atomic E-state index is 0.0506.